The summed E-state index contributed by atoms with van der Waals surface area (Å²) in [4.78, 5) is 21.8. The van der Waals surface area contributed by atoms with Crippen LogP contribution in [-0.2, 0) is 17.1 Å². The van der Waals surface area contributed by atoms with Crippen molar-refractivity contribution in [2.24, 2.45) is 0 Å². The van der Waals surface area contributed by atoms with Gasteiger partial charge in [-0.25, -0.2) is 9.97 Å². The molecule has 0 atom stereocenters. The van der Waals surface area contributed by atoms with E-state index < -0.39 is 18.4 Å². The van der Waals surface area contributed by atoms with Crippen molar-refractivity contribution < 1.29 is 18.7 Å². The number of hydrogen-bond acceptors (Lipinski definition) is 5. The van der Waals surface area contributed by atoms with Crippen LogP contribution in [0.15, 0.2) is 36.7 Å². The van der Waals surface area contributed by atoms with Gasteiger partial charge in [0.1, 0.15) is 5.69 Å². The van der Waals surface area contributed by atoms with Gasteiger partial charge in [-0.1, -0.05) is 6.07 Å². The van der Waals surface area contributed by atoms with E-state index in [1.54, 1.807) is 6.07 Å². The van der Waals surface area contributed by atoms with Crippen molar-refractivity contribution in [2.75, 3.05) is 11.9 Å². The van der Waals surface area contributed by atoms with Crippen molar-refractivity contribution in [3.8, 4) is 0 Å². The first-order chi connectivity index (χ1) is 9.97. The predicted octanol–water partition coefficient (Wildman–Crippen LogP) is 1.70. The molecular weight excluding hydrogens is 282 g/mol. The maximum absolute atomic E-state index is 13.9. The van der Waals surface area contributed by atoms with Gasteiger partial charge in [0.15, 0.2) is 0 Å². The molecule has 2 N–H and O–H groups in total. The highest BCUT2D eigenvalue weighted by Gasteiger charge is 2.33. The Morgan fingerprint density at radius 2 is 2.05 bits per heavy atom. The number of nitrogens with zero attached hydrogens (tertiary/aromatic N) is 3. The van der Waals surface area contributed by atoms with E-state index in [0.29, 0.717) is 0 Å². The van der Waals surface area contributed by atoms with Crippen molar-refractivity contribution in [1.29, 1.82) is 0 Å². The topological polar surface area (TPSA) is 88.0 Å². The molecule has 0 saturated heterocycles. The Morgan fingerprint density at radius 1 is 1.24 bits per heavy atom. The fourth-order valence-electron chi connectivity index (χ4n) is 1.59. The minimum atomic E-state index is -3.19. The van der Waals surface area contributed by atoms with Crippen molar-refractivity contribution in [3.05, 3.63) is 48.0 Å². The van der Waals surface area contributed by atoms with Crippen LogP contribution in [0.4, 0.5) is 14.7 Å². The lowest BCUT2D eigenvalue weighted by atomic mass is 10.2. The third-order valence-corrected chi connectivity index (χ3v) is 2.55. The summed E-state index contributed by atoms with van der Waals surface area (Å²) in [6.07, 6.45) is 2.30. The molecule has 21 heavy (non-hydrogen) atoms. The normalized spacial score (nSPS) is 11.1. The largest absolute Gasteiger partial charge is 0.481 e. The van der Waals surface area contributed by atoms with Crippen molar-refractivity contribution in [1.82, 2.24) is 15.0 Å². The number of halogens is 2. The smallest absolute Gasteiger partial charge is 0.309 e. The second-order valence-corrected chi connectivity index (χ2v) is 4.22. The van der Waals surface area contributed by atoms with E-state index >= 15 is 0 Å². The monoisotopic (exact) mass is 294 g/mol. The standard InChI is InChI=1S/C13H12F2N4O2/c14-13(15,10-3-1-2-5-16-10)8-18-12-17-6-4-9(19-12)7-11(20)21/h1-6H,7-8H2,(H,20,21)(H,17,18,19). The first-order valence-corrected chi connectivity index (χ1v) is 6.04. The third kappa shape index (κ3) is 4.16. The summed E-state index contributed by atoms with van der Waals surface area (Å²) in [5, 5.41) is 11.0. The van der Waals surface area contributed by atoms with E-state index in [9.17, 15) is 13.6 Å². The number of rotatable bonds is 6. The highest BCUT2D eigenvalue weighted by atomic mass is 19.3. The Morgan fingerprint density at radius 3 is 2.71 bits per heavy atom. The van der Waals surface area contributed by atoms with Crippen molar-refractivity contribution in [3.63, 3.8) is 0 Å². The van der Waals surface area contributed by atoms with Crippen LogP contribution in [0.2, 0.25) is 0 Å². The van der Waals surface area contributed by atoms with Gasteiger partial charge in [0, 0.05) is 12.4 Å². The minimum absolute atomic E-state index is 0.0515. The summed E-state index contributed by atoms with van der Waals surface area (Å²) in [5.41, 5.74) is -0.125. The Bertz CT molecular complexity index is 623. The van der Waals surface area contributed by atoms with E-state index in [2.05, 4.69) is 20.3 Å². The number of pyridine rings is 1. The molecule has 2 aromatic heterocycles. The second-order valence-electron chi connectivity index (χ2n) is 4.22. The number of carboxylic acids is 1. The van der Waals surface area contributed by atoms with E-state index in [4.69, 9.17) is 5.11 Å². The predicted molar refractivity (Wildman–Crippen MR) is 70.0 cm³/mol. The Kier molecular flexibility index (Phi) is 4.36. The van der Waals surface area contributed by atoms with Gasteiger partial charge in [-0.05, 0) is 18.2 Å². The van der Waals surface area contributed by atoms with Gasteiger partial charge >= 0.3 is 11.9 Å². The summed E-state index contributed by atoms with van der Waals surface area (Å²) < 4.78 is 27.8. The highest BCUT2D eigenvalue weighted by Crippen LogP contribution is 2.25. The summed E-state index contributed by atoms with van der Waals surface area (Å²) in [6, 6.07) is 5.66. The molecule has 0 aliphatic heterocycles. The van der Waals surface area contributed by atoms with Crippen LogP contribution < -0.4 is 5.32 Å². The van der Waals surface area contributed by atoms with Crippen LogP contribution in [0, 0.1) is 0 Å². The molecule has 0 bridgehead atoms. The fraction of sp³-hybridized carbons (Fsp3) is 0.231. The molecule has 2 heterocycles. The fourth-order valence-corrected chi connectivity index (χ4v) is 1.59. The number of aliphatic carboxylic acids is 1. The van der Waals surface area contributed by atoms with Crippen LogP contribution in [0.5, 0.6) is 0 Å². The number of carboxylic acid groups (broad SMARTS) is 1. The van der Waals surface area contributed by atoms with Crippen LogP contribution in [-0.4, -0.2) is 32.6 Å². The van der Waals surface area contributed by atoms with Crippen LogP contribution in [0.3, 0.4) is 0 Å². The molecule has 2 rings (SSSR count). The second kappa shape index (κ2) is 6.21. The molecule has 8 heteroatoms. The maximum Gasteiger partial charge on any atom is 0.309 e. The molecule has 0 radical (unpaired) electrons. The number of nitrogens with one attached hydrogen (secondary N) is 1. The molecule has 110 valence electrons. The van der Waals surface area contributed by atoms with Gasteiger partial charge in [-0.3, -0.25) is 9.78 Å². The zero-order chi connectivity index (χ0) is 15.3. The third-order valence-electron chi connectivity index (χ3n) is 2.55. The van der Waals surface area contributed by atoms with E-state index in [1.165, 1.54) is 30.6 Å². The van der Waals surface area contributed by atoms with Gasteiger partial charge in [-0.2, -0.15) is 8.78 Å². The zero-order valence-corrected chi connectivity index (χ0v) is 10.8. The minimum Gasteiger partial charge on any atom is -0.481 e. The number of aromatic nitrogens is 3. The zero-order valence-electron chi connectivity index (χ0n) is 10.8. The molecule has 0 aliphatic carbocycles. The molecule has 0 saturated carbocycles. The highest BCUT2D eigenvalue weighted by molar-refractivity contribution is 5.69. The molecule has 0 fully saturated rings. The van der Waals surface area contributed by atoms with Crippen LogP contribution in [0.25, 0.3) is 0 Å². The average Bonchev–Trinajstić information content (AvgIpc) is 2.46. The lowest BCUT2D eigenvalue weighted by Crippen LogP contribution is -2.26. The maximum atomic E-state index is 13.9. The van der Waals surface area contributed by atoms with Crippen molar-refractivity contribution >= 4 is 11.9 Å². The lowest BCUT2D eigenvalue weighted by Gasteiger charge is -2.16. The summed E-state index contributed by atoms with van der Waals surface area (Å²) >= 11 is 0. The first kappa shape index (κ1) is 14.8. The van der Waals surface area contributed by atoms with Crippen molar-refractivity contribution in [2.45, 2.75) is 12.3 Å². The number of alkyl halides is 2. The molecule has 0 aliphatic rings. The summed E-state index contributed by atoms with van der Waals surface area (Å²) in [5.74, 6) is -4.30. The Labute approximate surface area is 118 Å². The quantitative estimate of drug-likeness (QED) is 0.843. The molecule has 0 aromatic carbocycles. The van der Waals surface area contributed by atoms with Crippen LogP contribution in [0.1, 0.15) is 11.4 Å². The Hall–Kier alpha value is -2.64. The Balaban J connectivity index is 2.04. The van der Waals surface area contributed by atoms with E-state index in [-0.39, 0.29) is 23.8 Å². The SMILES string of the molecule is O=C(O)Cc1ccnc(NCC(F)(F)c2ccccn2)n1. The molecule has 0 spiro atoms. The van der Waals surface area contributed by atoms with E-state index in [1.807, 2.05) is 0 Å². The molecular formula is C13H12F2N4O2. The van der Waals surface area contributed by atoms with Gasteiger partial charge < -0.3 is 10.4 Å². The lowest BCUT2D eigenvalue weighted by molar-refractivity contribution is -0.136. The van der Waals surface area contributed by atoms with Gasteiger partial charge in [0.25, 0.3) is 0 Å². The average molecular weight is 294 g/mol. The first-order valence-electron chi connectivity index (χ1n) is 6.04. The number of carbonyl (C=O) groups is 1. The van der Waals surface area contributed by atoms with E-state index in [0.717, 1.165) is 0 Å². The number of hydrogen-bond donors (Lipinski definition) is 2. The molecule has 0 unspecified atom stereocenters. The summed E-state index contributed by atoms with van der Waals surface area (Å²) in [7, 11) is 0. The molecule has 0 amide bonds. The molecule has 6 nitrogen and oxygen atoms in total. The number of anilines is 1. The van der Waals surface area contributed by atoms with Gasteiger partial charge in [0.2, 0.25) is 5.95 Å². The molecule has 2 aromatic rings. The van der Waals surface area contributed by atoms with Gasteiger partial charge in [-0.15, -0.1) is 0 Å². The summed E-state index contributed by atoms with van der Waals surface area (Å²) in [6.45, 7) is -0.736. The van der Waals surface area contributed by atoms with Crippen LogP contribution >= 0.6 is 0 Å². The van der Waals surface area contributed by atoms with Gasteiger partial charge in [0.05, 0.1) is 18.7 Å².